The molecule has 0 saturated carbocycles. The van der Waals surface area contributed by atoms with Gasteiger partial charge in [0.2, 0.25) is 0 Å². The van der Waals surface area contributed by atoms with E-state index < -0.39 is 5.97 Å². The fraction of sp³-hybridized carbons (Fsp3) is 0.441. The zero-order valence-corrected chi connectivity index (χ0v) is 24.5. The molecular formula is C34H44N5O3-. The number of rotatable bonds is 16. The number of carboxylic acid groups (broad SMARTS) is 1. The van der Waals surface area contributed by atoms with Crippen molar-refractivity contribution in [3.05, 3.63) is 82.8 Å². The van der Waals surface area contributed by atoms with Crippen LogP contribution in [0.15, 0.2) is 71.4 Å². The van der Waals surface area contributed by atoms with Crippen LogP contribution in [0.25, 0.3) is 16.1 Å². The summed E-state index contributed by atoms with van der Waals surface area (Å²) < 4.78 is 0. The van der Waals surface area contributed by atoms with Gasteiger partial charge in [-0.15, -0.1) is 0 Å². The monoisotopic (exact) mass is 570 g/mol. The molecule has 42 heavy (non-hydrogen) atoms. The third-order valence-corrected chi connectivity index (χ3v) is 8.50. The molecule has 0 fully saturated rings. The van der Waals surface area contributed by atoms with Gasteiger partial charge in [0.05, 0.1) is 6.54 Å². The van der Waals surface area contributed by atoms with Crippen LogP contribution < -0.4 is 11.5 Å². The lowest BCUT2D eigenvalue weighted by atomic mass is 9.69. The van der Waals surface area contributed by atoms with E-state index in [-0.39, 0.29) is 24.5 Å². The maximum Gasteiger partial charge on any atom is 0.328 e. The molecule has 0 saturated heterocycles. The molecule has 8 nitrogen and oxygen atoms in total. The van der Waals surface area contributed by atoms with E-state index in [4.69, 9.17) is 16.8 Å². The van der Waals surface area contributed by atoms with Crippen LogP contribution in [-0.4, -0.2) is 40.9 Å². The molecule has 4 atom stereocenters. The van der Waals surface area contributed by atoms with Crippen molar-refractivity contribution >= 4 is 34.8 Å². The van der Waals surface area contributed by atoms with Gasteiger partial charge in [-0.05, 0) is 77.5 Å². The van der Waals surface area contributed by atoms with E-state index in [0.29, 0.717) is 29.6 Å². The number of aromatic nitrogens is 1. The second-order valence-corrected chi connectivity index (χ2v) is 11.6. The number of unbranched alkanes of at least 4 members (excludes halogenated alkanes) is 3. The van der Waals surface area contributed by atoms with Crippen molar-refractivity contribution in [1.82, 2.24) is 4.98 Å². The third-order valence-electron chi connectivity index (χ3n) is 8.50. The van der Waals surface area contributed by atoms with Gasteiger partial charge in [0.25, 0.3) is 0 Å². The van der Waals surface area contributed by atoms with E-state index in [2.05, 4.69) is 46.4 Å². The number of aromatic amines is 1. The van der Waals surface area contributed by atoms with Crippen molar-refractivity contribution in [3.63, 3.8) is 0 Å². The molecule has 6 N–H and O–H groups in total. The molecule has 0 spiro atoms. The Bertz CT molecular complexity index is 1380. The molecular weight excluding hydrogens is 526 g/mol. The largest absolute Gasteiger partial charge is 0.478 e. The molecule has 1 heterocycles. The highest BCUT2D eigenvalue weighted by atomic mass is 16.4. The number of hydrogen-bond donors (Lipinski definition) is 4. The molecule has 8 heteroatoms. The predicted molar refractivity (Wildman–Crippen MR) is 170 cm³/mol. The molecule has 2 aromatic carbocycles. The Morgan fingerprint density at radius 3 is 2.57 bits per heavy atom. The Kier molecular flexibility index (Phi) is 11.2. The second-order valence-electron chi connectivity index (χ2n) is 11.6. The van der Waals surface area contributed by atoms with Crippen LogP contribution in [0.1, 0.15) is 75.3 Å². The van der Waals surface area contributed by atoms with E-state index >= 15 is 0 Å². The molecule has 0 unspecified atom stereocenters. The van der Waals surface area contributed by atoms with Crippen LogP contribution in [0.5, 0.6) is 0 Å². The van der Waals surface area contributed by atoms with Gasteiger partial charge >= 0.3 is 5.97 Å². The van der Waals surface area contributed by atoms with Crippen molar-refractivity contribution in [1.29, 1.82) is 0 Å². The number of carboxylic acids is 1. The molecule has 1 aromatic heterocycles. The second kappa shape index (κ2) is 15.2. The molecule has 0 radical (unpaired) electrons. The molecule has 0 bridgehead atoms. The van der Waals surface area contributed by atoms with Crippen LogP contribution in [0.3, 0.4) is 0 Å². The SMILES string of the molecule is C[C@H](C=O)CCCCCC[C@H]1c2cc3ccccc3cc2CC[C@H]1C[C@@H]([N-]c1ccc[nH]1)/C(=C/C(=O)O)CN=C(N)N. The topological polar surface area (TPSA) is 149 Å². The minimum absolute atomic E-state index is 0.0798. The quantitative estimate of drug-likeness (QED) is 0.0495. The summed E-state index contributed by atoms with van der Waals surface area (Å²) in [5.74, 6) is 0.355. The fourth-order valence-electron chi connectivity index (χ4n) is 6.32. The molecule has 224 valence electrons. The molecule has 4 rings (SSSR count). The number of aryl methyl sites for hydroxylation is 1. The number of carbonyl (C=O) groups is 2. The number of nitrogens with zero attached hydrogens (tertiary/aromatic N) is 2. The first-order valence-electron chi connectivity index (χ1n) is 15.1. The van der Waals surface area contributed by atoms with Crippen LogP contribution in [0.4, 0.5) is 5.82 Å². The summed E-state index contributed by atoms with van der Waals surface area (Å²) in [6, 6.07) is 16.6. The van der Waals surface area contributed by atoms with E-state index in [1.165, 1.54) is 28.0 Å². The predicted octanol–water partition coefficient (Wildman–Crippen LogP) is 6.74. The Morgan fingerprint density at radius 1 is 1.12 bits per heavy atom. The lowest BCUT2D eigenvalue weighted by Gasteiger charge is -2.38. The number of aldehydes is 1. The number of hydrogen-bond acceptors (Lipinski definition) is 3. The van der Waals surface area contributed by atoms with Crippen molar-refractivity contribution in [2.75, 3.05) is 6.54 Å². The van der Waals surface area contributed by atoms with Gasteiger partial charge in [0.1, 0.15) is 6.29 Å². The Hall–Kier alpha value is -4.07. The van der Waals surface area contributed by atoms with Gasteiger partial charge in [-0.1, -0.05) is 93.2 Å². The van der Waals surface area contributed by atoms with Gasteiger partial charge in [-0.25, -0.2) is 9.79 Å². The van der Waals surface area contributed by atoms with E-state index in [1.807, 2.05) is 25.3 Å². The first kappa shape index (κ1) is 30.9. The first-order valence-corrected chi connectivity index (χ1v) is 15.1. The third kappa shape index (κ3) is 8.71. The number of carbonyl (C=O) groups excluding carboxylic acids is 1. The minimum atomic E-state index is -1.04. The summed E-state index contributed by atoms with van der Waals surface area (Å²) in [5.41, 5.74) is 14.7. The van der Waals surface area contributed by atoms with Crippen LogP contribution in [0, 0.1) is 11.8 Å². The summed E-state index contributed by atoms with van der Waals surface area (Å²) >= 11 is 0. The number of aliphatic imine (C=N–C) groups is 1. The first-order chi connectivity index (χ1) is 20.3. The molecule has 0 amide bonds. The van der Waals surface area contributed by atoms with Gasteiger partial charge in [-0.3, -0.25) is 0 Å². The number of nitrogens with one attached hydrogen (secondary N) is 1. The molecule has 3 aromatic rings. The summed E-state index contributed by atoms with van der Waals surface area (Å²) in [6.45, 7) is 2.07. The number of guanidine groups is 1. The highest BCUT2D eigenvalue weighted by Crippen LogP contribution is 2.45. The molecule has 1 aliphatic carbocycles. The van der Waals surface area contributed by atoms with Crippen molar-refractivity contribution in [2.24, 2.45) is 28.3 Å². The fourth-order valence-corrected chi connectivity index (χ4v) is 6.32. The summed E-state index contributed by atoms with van der Waals surface area (Å²) in [4.78, 5) is 30.1. The van der Waals surface area contributed by atoms with Crippen LogP contribution in [0.2, 0.25) is 0 Å². The zero-order valence-electron chi connectivity index (χ0n) is 24.5. The maximum atomic E-state index is 11.8. The lowest BCUT2D eigenvalue weighted by Crippen LogP contribution is -2.28. The Balaban J connectivity index is 1.61. The van der Waals surface area contributed by atoms with Crippen LogP contribution >= 0.6 is 0 Å². The number of H-pyrrole nitrogens is 1. The minimum Gasteiger partial charge on any atom is -0.478 e. The van der Waals surface area contributed by atoms with Crippen molar-refractivity contribution in [3.8, 4) is 0 Å². The van der Waals surface area contributed by atoms with E-state index in [0.717, 1.165) is 57.7 Å². The van der Waals surface area contributed by atoms with Crippen molar-refractivity contribution < 1.29 is 14.7 Å². The summed E-state index contributed by atoms with van der Waals surface area (Å²) in [5, 5.41) is 17.2. The highest BCUT2D eigenvalue weighted by Gasteiger charge is 2.31. The summed E-state index contributed by atoms with van der Waals surface area (Å²) in [7, 11) is 0. The Labute approximate surface area is 248 Å². The van der Waals surface area contributed by atoms with Gasteiger partial charge in [-0.2, -0.15) is 0 Å². The van der Waals surface area contributed by atoms with E-state index in [9.17, 15) is 14.7 Å². The Morgan fingerprint density at radius 2 is 1.88 bits per heavy atom. The highest BCUT2D eigenvalue weighted by molar-refractivity contribution is 5.84. The van der Waals surface area contributed by atoms with Gasteiger partial charge in [0, 0.05) is 12.0 Å². The average Bonchev–Trinajstić information content (AvgIpc) is 3.49. The maximum absolute atomic E-state index is 11.8. The van der Waals surface area contributed by atoms with Gasteiger partial charge < -0.3 is 31.7 Å². The number of aliphatic carboxylic acids is 1. The number of benzene rings is 2. The number of nitrogens with two attached hydrogens (primary N) is 2. The normalized spacial score (nSPS) is 18.2. The molecule has 1 aliphatic rings. The van der Waals surface area contributed by atoms with Gasteiger partial charge in [0.15, 0.2) is 5.96 Å². The average molecular weight is 571 g/mol. The van der Waals surface area contributed by atoms with Crippen LogP contribution in [-0.2, 0) is 16.0 Å². The summed E-state index contributed by atoms with van der Waals surface area (Å²) in [6.07, 6.45) is 13.2. The standard InChI is InChI=1S/C34H44N5O3/c1-23(22-40)9-4-2-3-5-12-29-27(15-14-26-17-24-10-6-7-11-25(24)18-30(26)29)19-31(39-32-13-8-16-37-32)28(20-33(41)42)21-38-34(35)36/h6-8,10-11,13,16-18,20,22-23,27,29,31,37H,2-5,9,12,14-15,19,21H2,1H3,(H,41,42)(H4,35,36,38)/q-1/b28-20+/t23-,27-,29+,31+/m0/s1. The number of fused-ring (bicyclic) bond motifs is 2. The van der Waals surface area contributed by atoms with E-state index in [1.54, 1.807) is 0 Å². The van der Waals surface area contributed by atoms with Crippen molar-refractivity contribution in [2.45, 2.75) is 76.7 Å². The smallest absolute Gasteiger partial charge is 0.328 e. The molecule has 0 aliphatic heterocycles. The zero-order chi connectivity index (χ0) is 29.9. The lowest BCUT2D eigenvalue weighted by molar-refractivity contribution is -0.131.